The number of nitrogens with zero attached hydrogens (tertiary/aromatic N) is 1. The summed E-state index contributed by atoms with van der Waals surface area (Å²) >= 11 is 0. The molecule has 0 amide bonds. The Morgan fingerprint density at radius 2 is 1.67 bits per heavy atom. The van der Waals surface area contributed by atoms with Gasteiger partial charge in [-0.3, -0.25) is 9.69 Å². The lowest BCUT2D eigenvalue weighted by Gasteiger charge is -2.35. The van der Waals surface area contributed by atoms with Gasteiger partial charge in [-0.05, 0) is 31.5 Å². The van der Waals surface area contributed by atoms with Gasteiger partial charge < -0.3 is 4.74 Å². The highest BCUT2D eigenvalue weighted by molar-refractivity contribution is 5.80. The van der Waals surface area contributed by atoms with E-state index in [-0.39, 0.29) is 5.97 Å². The van der Waals surface area contributed by atoms with Gasteiger partial charge in [0.25, 0.3) is 0 Å². The lowest BCUT2D eigenvalue weighted by atomic mass is 9.94. The molecule has 0 unspecified atom stereocenters. The molecule has 2 aromatic carbocycles. The molecule has 2 aromatic rings. The molecule has 24 heavy (non-hydrogen) atoms. The first kappa shape index (κ1) is 18.0. The molecule has 2 rings (SSSR count). The predicted molar refractivity (Wildman–Crippen MR) is 98.4 cm³/mol. The number of benzene rings is 2. The van der Waals surface area contributed by atoms with E-state index in [2.05, 4.69) is 12.1 Å². The Kier molecular flexibility index (Phi) is 6.33. The average Bonchev–Trinajstić information content (AvgIpc) is 2.62. The second-order valence-electron chi connectivity index (χ2n) is 6.12. The van der Waals surface area contributed by atoms with Crippen molar-refractivity contribution in [2.45, 2.75) is 25.4 Å². The lowest BCUT2D eigenvalue weighted by Crippen LogP contribution is -2.50. The molecule has 0 N–H and O–H groups in total. The minimum atomic E-state index is -0.712. The van der Waals surface area contributed by atoms with Crippen LogP contribution in [0.5, 0.6) is 0 Å². The highest BCUT2D eigenvalue weighted by atomic mass is 16.5. The molecule has 0 bridgehead atoms. The molecule has 0 saturated heterocycles. The van der Waals surface area contributed by atoms with Crippen molar-refractivity contribution in [3.63, 3.8) is 0 Å². The number of ether oxygens (including phenoxy) is 1. The largest absolute Gasteiger partial charge is 0.468 e. The van der Waals surface area contributed by atoms with Crippen LogP contribution in [0.25, 0.3) is 6.08 Å². The molecule has 0 saturated carbocycles. The van der Waals surface area contributed by atoms with Crippen molar-refractivity contribution < 1.29 is 9.53 Å². The Hall–Kier alpha value is -2.39. The number of carbonyl (C=O) groups is 1. The fraction of sp³-hybridized carbons (Fsp3) is 0.286. The van der Waals surface area contributed by atoms with Gasteiger partial charge in [-0.25, -0.2) is 0 Å². The maximum absolute atomic E-state index is 12.4. The van der Waals surface area contributed by atoms with E-state index in [1.54, 1.807) is 0 Å². The fourth-order valence-corrected chi connectivity index (χ4v) is 2.64. The summed E-state index contributed by atoms with van der Waals surface area (Å²) in [7, 11) is 3.40. The Bertz CT molecular complexity index is 667. The number of hydrogen-bond acceptors (Lipinski definition) is 3. The summed E-state index contributed by atoms with van der Waals surface area (Å²) in [5.41, 5.74) is 1.58. The normalized spacial score (nSPS) is 13.8. The van der Waals surface area contributed by atoms with Crippen LogP contribution in [-0.2, 0) is 16.1 Å². The first-order chi connectivity index (χ1) is 11.6. The summed E-state index contributed by atoms with van der Waals surface area (Å²) in [6, 6.07) is 20.2. The minimum Gasteiger partial charge on any atom is -0.468 e. The number of hydrogen-bond donors (Lipinski definition) is 0. The summed E-state index contributed by atoms with van der Waals surface area (Å²) in [6.07, 6.45) is 4.66. The topological polar surface area (TPSA) is 29.5 Å². The highest BCUT2D eigenvalue weighted by Gasteiger charge is 2.37. The molecule has 1 atom stereocenters. The van der Waals surface area contributed by atoms with Crippen molar-refractivity contribution >= 4 is 12.0 Å². The van der Waals surface area contributed by atoms with E-state index in [4.69, 9.17) is 4.74 Å². The van der Waals surface area contributed by atoms with Gasteiger partial charge in [0, 0.05) is 6.54 Å². The third-order valence-electron chi connectivity index (χ3n) is 4.36. The standard InChI is InChI=1S/C21H25NO2/c1-21(20(23)24-3,16-10-15-18-11-6-4-7-12-18)22(2)17-19-13-8-5-9-14-19/h4-15H,16-17H2,1-3H3/b15-10+/t21-/m0/s1. The number of methoxy groups -OCH3 is 1. The van der Waals surface area contributed by atoms with E-state index in [0.29, 0.717) is 13.0 Å². The average molecular weight is 323 g/mol. The predicted octanol–water partition coefficient (Wildman–Crippen LogP) is 4.15. The first-order valence-electron chi connectivity index (χ1n) is 8.11. The molecule has 0 aliphatic rings. The quantitative estimate of drug-likeness (QED) is 0.717. The zero-order valence-electron chi connectivity index (χ0n) is 14.6. The molecular formula is C21H25NO2. The second-order valence-corrected chi connectivity index (χ2v) is 6.12. The first-order valence-corrected chi connectivity index (χ1v) is 8.11. The van der Waals surface area contributed by atoms with Crippen LogP contribution in [0.3, 0.4) is 0 Å². The van der Waals surface area contributed by atoms with E-state index in [0.717, 1.165) is 5.56 Å². The fourth-order valence-electron chi connectivity index (χ4n) is 2.64. The van der Waals surface area contributed by atoms with Crippen molar-refractivity contribution in [1.29, 1.82) is 0 Å². The van der Waals surface area contributed by atoms with Gasteiger partial charge >= 0.3 is 5.97 Å². The SMILES string of the molecule is COC(=O)[C@](C)(C/C=C/c1ccccc1)N(C)Cc1ccccc1. The van der Waals surface area contributed by atoms with Crippen LogP contribution in [0.1, 0.15) is 24.5 Å². The van der Waals surface area contributed by atoms with Gasteiger partial charge in [-0.1, -0.05) is 72.8 Å². The van der Waals surface area contributed by atoms with Crippen LogP contribution in [0.4, 0.5) is 0 Å². The molecule has 0 heterocycles. The van der Waals surface area contributed by atoms with Crippen LogP contribution < -0.4 is 0 Å². The second kappa shape index (κ2) is 8.46. The Morgan fingerprint density at radius 3 is 2.25 bits per heavy atom. The molecule has 3 heteroatoms. The summed E-state index contributed by atoms with van der Waals surface area (Å²) in [5.74, 6) is -0.223. The van der Waals surface area contributed by atoms with Crippen LogP contribution in [0, 0.1) is 0 Å². The highest BCUT2D eigenvalue weighted by Crippen LogP contribution is 2.23. The van der Waals surface area contributed by atoms with Crippen LogP contribution in [0.15, 0.2) is 66.7 Å². The zero-order valence-corrected chi connectivity index (χ0v) is 14.6. The Morgan fingerprint density at radius 1 is 1.08 bits per heavy atom. The van der Waals surface area contributed by atoms with Gasteiger partial charge in [-0.2, -0.15) is 0 Å². The maximum Gasteiger partial charge on any atom is 0.326 e. The molecule has 0 spiro atoms. The van der Waals surface area contributed by atoms with Crippen LogP contribution in [0.2, 0.25) is 0 Å². The summed E-state index contributed by atoms with van der Waals surface area (Å²) < 4.78 is 5.06. The number of carbonyl (C=O) groups excluding carboxylic acids is 1. The van der Waals surface area contributed by atoms with Gasteiger partial charge in [0.15, 0.2) is 0 Å². The van der Waals surface area contributed by atoms with Crippen LogP contribution >= 0.6 is 0 Å². The molecule has 3 nitrogen and oxygen atoms in total. The lowest BCUT2D eigenvalue weighted by molar-refractivity contribution is -0.153. The zero-order chi connectivity index (χ0) is 17.4. The van der Waals surface area contributed by atoms with Crippen molar-refractivity contribution in [2.24, 2.45) is 0 Å². The van der Waals surface area contributed by atoms with Crippen LogP contribution in [-0.4, -0.2) is 30.6 Å². The molecule has 0 aromatic heterocycles. The third kappa shape index (κ3) is 4.56. The molecule has 0 aliphatic heterocycles. The van der Waals surface area contributed by atoms with E-state index >= 15 is 0 Å². The molecule has 0 radical (unpaired) electrons. The van der Waals surface area contributed by atoms with Gasteiger partial charge in [0.1, 0.15) is 5.54 Å². The van der Waals surface area contributed by atoms with Gasteiger partial charge in [-0.15, -0.1) is 0 Å². The summed E-state index contributed by atoms with van der Waals surface area (Å²) in [6.45, 7) is 2.61. The number of esters is 1. The third-order valence-corrected chi connectivity index (χ3v) is 4.36. The van der Waals surface area contributed by atoms with E-state index < -0.39 is 5.54 Å². The minimum absolute atomic E-state index is 0.223. The molecule has 0 aliphatic carbocycles. The molecule has 126 valence electrons. The summed E-state index contributed by atoms with van der Waals surface area (Å²) in [5, 5.41) is 0. The number of rotatable bonds is 7. The monoisotopic (exact) mass is 323 g/mol. The molecular weight excluding hydrogens is 298 g/mol. The Balaban J connectivity index is 2.13. The van der Waals surface area contributed by atoms with Crippen molar-refractivity contribution in [3.05, 3.63) is 77.9 Å². The summed E-state index contributed by atoms with van der Waals surface area (Å²) in [4.78, 5) is 14.5. The molecule has 0 fully saturated rings. The maximum atomic E-state index is 12.4. The van der Waals surface area contributed by atoms with Crippen molar-refractivity contribution in [1.82, 2.24) is 4.90 Å². The number of likely N-dealkylation sites (N-methyl/N-ethyl adjacent to an activating group) is 1. The smallest absolute Gasteiger partial charge is 0.326 e. The van der Waals surface area contributed by atoms with Crippen molar-refractivity contribution in [3.8, 4) is 0 Å². The van der Waals surface area contributed by atoms with Gasteiger partial charge in [0.05, 0.1) is 7.11 Å². The van der Waals surface area contributed by atoms with E-state index in [1.807, 2.05) is 79.6 Å². The van der Waals surface area contributed by atoms with Gasteiger partial charge in [0.2, 0.25) is 0 Å². The van der Waals surface area contributed by atoms with E-state index in [1.165, 1.54) is 12.7 Å². The van der Waals surface area contributed by atoms with Crippen molar-refractivity contribution in [2.75, 3.05) is 14.2 Å². The Labute approximate surface area is 144 Å². The van der Waals surface area contributed by atoms with E-state index in [9.17, 15) is 4.79 Å².